The number of carbonyl (C=O) groups excluding carboxylic acids is 1. The molecule has 0 aromatic rings. The van der Waals surface area contributed by atoms with Crippen LogP contribution in [0.2, 0.25) is 0 Å². The highest BCUT2D eigenvalue weighted by atomic mass is 19.1. The van der Waals surface area contributed by atoms with Crippen molar-refractivity contribution in [1.82, 2.24) is 0 Å². The van der Waals surface area contributed by atoms with Gasteiger partial charge in [-0.25, -0.2) is 9.18 Å². The summed E-state index contributed by atoms with van der Waals surface area (Å²) in [6, 6.07) is -1.55. The molecule has 0 radical (unpaired) electrons. The second-order valence-electron chi connectivity index (χ2n) is 4.48. The van der Waals surface area contributed by atoms with Gasteiger partial charge in [-0.2, -0.15) is 0 Å². The second kappa shape index (κ2) is 6.26. The minimum absolute atomic E-state index is 0.852. The Bertz CT molecular complexity index is 354. The summed E-state index contributed by atoms with van der Waals surface area (Å²) in [7, 11) is 0.852. The SMILES string of the molecule is COC(=O)C1(O)O[C@@H]([C@H](O)[C@H](O)CO)[C@H](N)[C@@H](O)[C@H]1F. The topological polar surface area (TPSA) is 163 Å². The van der Waals surface area contributed by atoms with Gasteiger partial charge in [0.2, 0.25) is 0 Å². The number of nitrogens with two attached hydrogens (primary N) is 1. The number of alkyl halides is 1. The van der Waals surface area contributed by atoms with Crippen molar-refractivity contribution in [3.05, 3.63) is 0 Å². The lowest BCUT2D eigenvalue weighted by Crippen LogP contribution is -2.71. The van der Waals surface area contributed by atoms with Gasteiger partial charge in [0.25, 0.3) is 0 Å². The molecule has 1 saturated heterocycles. The van der Waals surface area contributed by atoms with E-state index >= 15 is 0 Å². The molecule has 0 bridgehead atoms. The van der Waals surface area contributed by atoms with Crippen molar-refractivity contribution in [2.45, 2.75) is 42.4 Å². The molecule has 0 saturated carbocycles. The lowest BCUT2D eigenvalue weighted by Gasteiger charge is -2.45. The van der Waals surface area contributed by atoms with Gasteiger partial charge >= 0.3 is 11.8 Å². The molecule has 118 valence electrons. The van der Waals surface area contributed by atoms with E-state index in [1.807, 2.05) is 0 Å². The number of carbonyl (C=O) groups is 1. The van der Waals surface area contributed by atoms with E-state index in [0.717, 1.165) is 7.11 Å². The number of ether oxygens (including phenoxy) is 2. The molecule has 0 spiro atoms. The van der Waals surface area contributed by atoms with Gasteiger partial charge in [0.15, 0.2) is 6.17 Å². The fraction of sp³-hybridized carbons (Fsp3) is 0.900. The normalized spacial score (nSPS) is 41.0. The first-order chi connectivity index (χ1) is 9.20. The highest BCUT2D eigenvalue weighted by Crippen LogP contribution is 2.32. The van der Waals surface area contributed by atoms with Crippen molar-refractivity contribution in [3.8, 4) is 0 Å². The molecule has 20 heavy (non-hydrogen) atoms. The van der Waals surface area contributed by atoms with Crippen LogP contribution in [0.5, 0.6) is 0 Å². The summed E-state index contributed by atoms with van der Waals surface area (Å²) in [4.78, 5) is 11.4. The Morgan fingerprint density at radius 1 is 1.55 bits per heavy atom. The number of rotatable bonds is 4. The van der Waals surface area contributed by atoms with Crippen LogP contribution < -0.4 is 5.73 Å². The molecular formula is C10H18FNO8. The molecule has 1 heterocycles. The third-order valence-corrected chi connectivity index (χ3v) is 3.16. The van der Waals surface area contributed by atoms with Gasteiger partial charge in [0, 0.05) is 0 Å². The van der Waals surface area contributed by atoms with Crippen molar-refractivity contribution in [3.63, 3.8) is 0 Å². The molecule has 7 atom stereocenters. The van der Waals surface area contributed by atoms with E-state index in [2.05, 4.69) is 4.74 Å². The molecule has 1 fully saturated rings. The van der Waals surface area contributed by atoms with Crippen LogP contribution in [0.25, 0.3) is 0 Å². The monoisotopic (exact) mass is 299 g/mol. The van der Waals surface area contributed by atoms with Crippen molar-refractivity contribution in [1.29, 1.82) is 0 Å². The fourth-order valence-corrected chi connectivity index (χ4v) is 1.90. The highest BCUT2D eigenvalue weighted by Gasteiger charge is 2.60. The molecule has 0 amide bonds. The van der Waals surface area contributed by atoms with Crippen LogP contribution in [0.4, 0.5) is 4.39 Å². The number of hydrogen-bond donors (Lipinski definition) is 6. The summed E-state index contributed by atoms with van der Waals surface area (Å²) in [6.45, 7) is -0.875. The number of hydrogen-bond acceptors (Lipinski definition) is 9. The third-order valence-electron chi connectivity index (χ3n) is 3.16. The van der Waals surface area contributed by atoms with Crippen LogP contribution >= 0.6 is 0 Å². The van der Waals surface area contributed by atoms with Gasteiger partial charge in [0.05, 0.1) is 19.8 Å². The Balaban J connectivity index is 3.06. The quantitative estimate of drug-likeness (QED) is 0.284. The van der Waals surface area contributed by atoms with E-state index < -0.39 is 55.0 Å². The number of esters is 1. The Morgan fingerprint density at radius 2 is 2.10 bits per heavy atom. The first kappa shape index (κ1) is 17.2. The van der Waals surface area contributed by atoms with Crippen LogP contribution in [-0.4, -0.2) is 87.6 Å². The number of aliphatic hydroxyl groups is 5. The molecule has 0 aromatic heterocycles. The standard InChI is InChI=1S/C10H18FNO8/c1-19-9(17)10(18)8(11)6(16)4(12)7(20-10)5(15)3(14)2-13/h3-8,13-16,18H,2,12H2,1H3/t3-,4-,5-,6-,7-,8-,10?/m1/s1. The zero-order chi connectivity index (χ0) is 15.7. The molecular weight excluding hydrogens is 281 g/mol. The van der Waals surface area contributed by atoms with Crippen molar-refractivity contribution in [2.75, 3.05) is 13.7 Å². The van der Waals surface area contributed by atoms with E-state index in [4.69, 9.17) is 15.6 Å². The Morgan fingerprint density at radius 3 is 2.55 bits per heavy atom. The predicted molar refractivity (Wildman–Crippen MR) is 59.8 cm³/mol. The Labute approximate surface area is 113 Å². The van der Waals surface area contributed by atoms with Gasteiger partial charge in [-0.05, 0) is 0 Å². The van der Waals surface area contributed by atoms with Crippen LogP contribution in [0.3, 0.4) is 0 Å². The van der Waals surface area contributed by atoms with E-state index in [1.54, 1.807) is 0 Å². The molecule has 0 aliphatic carbocycles. The summed E-state index contributed by atoms with van der Waals surface area (Å²) in [6.07, 6.45) is -9.97. The smallest absolute Gasteiger partial charge is 0.369 e. The van der Waals surface area contributed by atoms with Crippen LogP contribution in [0.15, 0.2) is 0 Å². The average Bonchev–Trinajstić information content (AvgIpc) is 2.46. The Kier molecular flexibility index (Phi) is 5.38. The summed E-state index contributed by atoms with van der Waals surface area (Å²) < 4.78 is 22.7. The molecule has 0 aromatic carbocycles. The number of aliphatic hydroxyl groups excluding tert-OH is 4. The van der Waals surface area contributed by atoms with Gasteiger partial charge in [-0.3, -0.25) is 0 Å². The summed E-state index contributed by atoms with van der Waals surface area (Å²) in [5.74, 6) is -4.71. The number of methoxy groups -OCH3 is 1. The fourth-order valence-electron chi connectivity index (χ4n) is 1.90. The van der Waals surface area contributed by atoms with Gasteiger partial charge in [-0.15, -0.1) is 0 Å². The minimum Gasteiger partial charge on any atom is -0.465 e. The number of halogens is 1. The largest absolute Gasteiger partial charge is 0.465 e. The summed E-state index contributed by atoms with van der Waals surface area (Å²) in [5.41, 5.74) is 5.44. The molecule has 1 aliphatic heterocycles. The highest BCUT2D eigenvalue weighted by molar-refractivity contribution is 5.78. The molecule has 7 N–H and O–H groups in total. The maximum atomic E-state index is 13.8. The van der Waals surface area contributed by atoms with E-state index in [9.17, 15) is 29.6 Å². The van der Waals surface area contributed by atoms with Crippen molar-refractivity contribution < 1.29 is 44.2 Å². The third kappa shape index (κ3) is 2.76. The predicted octanol–water partition coefficient (Wildman–Crippen LogP) is -4.01. The molecule has 1 unspecified atom stereocenters. The van der Waals surface area contributed by atoms with Crippen molar-refractivity contribution >= 4 is 5.97 Å². The molecule has 1 rings (SSSR count). The van der Waals surface area contributed by atoms with E-state index in [0.29, 0.717) is 0 Å². The van der Waals surface area contributed by atoms with Crippen LogP contribution in [0, 0.1) is 0 Å². The van der Waals surface area contributed by atoms with Gasteiger partial charge < -0.3 is 40.7 Å². The second-order valence-corrected chi connectivity index (χ2v) is 4.48. The summed E-state index contributed by atoms with van der Waals surface area (Å²) in [5, 5.41) is 47.2. The maximum absolute atomic E-state index is 13.8. The van der Waals surface area contributed by atoms with Gasteiger partial charge in [0.1, 0.15) is 24.4 Å². The minimum atomic E-state index is -3.18. The van der Waals surface area contributed by atoms with Crippen molar-refractivity contribution in [2.24, 2.45) is 5.73 Å². The first-order valence-electron chi connectivity index (χ1n) is 5.74. The van der Waals surface area contributed by atoms with E-state index in [-0.39, 0.29) is 0 Å². The van der Waals surface area contributed by atoms with E-state index in [1.165, 1.54) is 0 Å². The van der Waals surface area contributed by atoms with Crippen LogP contribution in [0.1, 0.15) is 0 Å². The maximum Gasteiger partial charge on any atom is 0.369 e. The zero-order valence-corrected chi connectivity index (χ0v) is 10.6. The molecule has 10 heteroatoms. The lowest BCUT2D eigenvalue weighted by molar-refractivity contribution is -0.319. The molecule has 1 aliphatic rings. The Hall–Kier alpha value is -0.880. The molecule has 9 nitrogen and oxygen atoms in total. The summed E-state index contributed by atoms with van der Waals surface area (Å²) >= 11 is 0. The lowest BCUT2D eigenvalue weighted by atomic mass is 9.88. The van der Waals surface area contributed by atoms with Crippen LogP contribution in [-0.2, 0) is 14.3 Å². The first-order valence-corrected chi connectivity index (χ1v) is 5.74. The van der Waals surface area contributed by atoms with Gasteiger partial charge in [-0.1, -0.05) is 0 Å². The average molecular weight is 299 g/mol. The zero-order valence-electron chi connectivity index (χ0n) is 10.6.